The summed E-state index contributed by atoms with van der Waals surface area (Å²) in [7, 11) is 0. The van der Waals surface area contributed by atoms with Gasteiger partial charge < -0.3 is 11.1 Å². The number of hydrogen-bond donors (Lipinski definition) is 2. The number of hydrogen-bond acceptors (Lipinski definition) is 2. The van der Waals surface area contributed by atoms with Gasteiger partial charge in [-0.2, -0.15) is 0 Å². The third kappa shape index (κ3) is 5.56. The molecule has 0 aromatic heterocycles. The van der Waals surface area contributed by atoms with E-state index in [0.29, 0.717) is 0 Å². The second-order valence-corrected chi connectivity index (χ2v) is 4.72. The molecule has 72 valence electrons. The Morgan fingerprint density at radius 1 is 1.33 bits per heavy atom. The van der Waals surface area contributed by atoms with Crippen LogP contribution in [0, 0.1) is 5.92 Å². The van der Waals surface area contributed by atoms with Crippen LogP contribution in [-0.4, -0.2) is 18.6 Å². The fourth-order valence-electron chi connectivity index (χ4n) is 1.25. The minimum Gasteiger partial charge on any atom is -0.326 e. The van der Waals surface area contributed by atoms with Gasteiger partial charge in [0.15, 0.2) is 0 Å². The lowest BCUT2D eigenvalue weighted by atomic mass is 10.0. The fraction of sp³-hybridized carbons (Fsp3) is 1.00. The Hall–Kier alpha value is -0.0800. The van der Waals surface area contributed by atoms with E-state index in [9.17, 15) is 0 Å². The lowest BCUT2D eigenvalue weighted by Crippen LogP contribution is -2.35. The molecule has 0 spiro atoms. The Bertz CT molecular complexity index is 122. The van der Waals surface area contributed by atoms with E-state index in [1.54, 1.807) is 0 Å². The highest BCUT2D eigenvalue weighted by molar-refractivity contribution is 4.75. The van der Waals surface area contributed by atoms with Crippen molar-refractivity contribution < 1.29 is 0 Å². The first-order chi connectivity index (χ1) is 5.58. The summed E-state index contributed by atoms with van der Waals surface area (Å²) in [4.78, 5) is 0. The molecular weight excluding hydrogens is 148 g/mol. The van der Waals surface area contributed by atoms with E-state index in [0.717, 1.165) is 18.9 Å². The third-order valence-electron chi connectivity index (χ3n) is 2.37. The molecule has 0 aromatic rings. The summed E-state index contributed by atoms with van der Waals surface area (Å²) < 4.78 is 0. The Morgan fingerprint density at radius 2 is 2.00 bits per heavy atom. The Balaban J connectivity index is 1.82. The van der Waals surface area contributed by atoms with Crippen LogP contribution in [-0.2, 0) is 0 Å². The lowest BCUT2D eigenvalue weighted by Gasteiger charge is -2.18. The summed E-state index contributed by atoms with van der Waals surface area (Å²) in [5, 5.41) is 3.43. The van der Waals surface area contributed by atoms with Gasteiger partial charge in [0, 0.05) is 5.54 Å². The molecule has 0 aliphatic heterocycles. The predicted octanol–water partition coefficient (Wildman–Crippen LogP) is 1.50. The smallest absolute Gasteiger partial charge is 0.0109 e. The standard InChI is InChI=1S/C10H22N2/c1-10(2,11)6-8-12-7-5-9-3-4-9/h9,12H,3-8,11H2,1-2H3. The summed E-state index contributed by atoms with van der Waals surface area (Å²) in [5.74, 6) is 1.04. The molecular formula is C10H22N2. The van der Waals surface area contributed by atoms with Crippen molar-refractivity contribution in [3.05, 3.63) is 0 Å². The SMILES string of the molecule is CC(C)(N)CCNCCC1CC1. The summed E-state index contributed by atoms with van der Waals surface area (Å²) in [6, 6.07) is 0. The van der Waals surface area contributed by atoms with Crippen molar-refractivity contribution in [2.45, 2.75) is 45.1 Å². The van der Waals surface area contributed by atoms with E-state index in [1.165, 1.54) is 25.8 Å². The normalized spacial score (nSPS) is 18.2. The number of rotatable bonds is 6. The van der Waals surface area contributed by atoms with Crippen LogP contribution in [0.4, 0.5) is 0 Å². The molecule has 0 atom stereocenters. The summed E-state index contributed by atoms with van der Waals surface area (Å²) in [5.41, 5.74) is 5.84. The molecule has 12 heavy (non-hydrogen) atoms. The van der Waals surface area contributed by atoms with Crippen molar-refractivity contribution in [2.24, 2.45) is 11.7 Å². The van der Waals surface area contributed by atoms with E-state index in [1.807, 2.05) is 0 Å². The van der Waals surface area contributed by atoms with Gasteiger partial charge in [0.1, 0.15) is 0 Å². The number of nitrogens with one attached hydrogen (secondary N) is 1. The third-order valence-corrected chi connectivity index (χ3v) is 2.37. The topological polar surface area (TPSA) is 38.0 Å². The highest BCUT2D eigenvalue weighted by atomic mass is 14.9. The second-order valence-electron chi connectivity index (χ2n) is 4.72. The maximum absolute atomic E-state index is 5.85. The van der Waals surface area contributed by atoms with Crippen molar-refractivity contribution >= 4 is 0 Å². The highest BCUT2D eigenvalue weighted by Crippen LogP contribution is 2.31. The van der Waals surface area contributed by atoms with E-state index in [4.69, 9.17) is 5.73 Å². The van der Waals surface area contributed by atoms with Crippen LogP contribution in [0.25, 0.3) is 0 Å². The average Bonchev–Trinajstić information content (AvgIpc) is 2.68. The summed E-state index contributed by atoms with van der Waals surface area (Å²) in [6.07, 6.45) is 5.36. The van der Waals surface area contributed by atoms with Gasteiger partial charge in [-0.1, -0.05) is 12.8 Å². The molecule has 2 nitrogen and oxygen atoms in total. The predicted molar refractivity (Wildman–Crippen MR) is 53.1 cm³/mol. The van der Waals surface area contributed by atoms with Gasteiger partial charge >= 0.3 is 0 Å². The number of nitrogens with two attached hydrogens (primary N) is 1. The molecule has 0 heterocycles. The van der Waals surface area contributed by atoms with Gasteiger partial charge in [-0.3, -0.25) is 0 Å². The summed E-state index contributed by atoms with van der Waals surface area (Å²) >= 11 is 0. The molecule has 0 radical (unpaired) electrons. The molecule has 1 aliphatic rings. The molecule has 0 amide bonds. The Labute approximate surface area is 75.9 Å². The largest absolute Gasteiger partial charge is 0.326 e. The first-order valence-electron chi connectivity index (χ1n) is 5.07. The molecule has 3 N–H and O–H groups in total. The van der Waals surface area contributed by atoms with E-state index < -0.39 is 0 Å². The molecule has 0 aromatic carbocycles. The van der Waals surface area contributed by atoms with Gasteiger partial charge in [-0.05, 0) is 45.7 Å². The zero-order chi connectivity index (χ0) is 9.03. The van der Waals surface area contributed by atoms with Gasteiger partial charge in [0.2, 0.25) is 0 Å². The zero-order valence-corrected chi connectivity index (χ0v) is 8.40. The van der Waals surface area contributed by atoms with E-state index >= 15 is 0 Å². The molecule has 0 bridgehead atoms. The van der Waals surface area contributed by atoms with Gasteiger partial charge in [-0.25, -0.2) is 0 Å². The fourth-order valence-corrected chi connectivity index (χ4v) is 1.25. The minimum atomic E-state index is -0.00736. The van der Waals surface area contributed by atoms with E-state index in [-0.39, 0.29) is 5.54 Å². The molecule has 0 saturated heterocycles. The van der Waals surface area contributed by atoms with Crippen LogP contribution in [0.15, 0.2) is 0 Å². The van der Waals surface area contributed by atoms with Crippen LogP contribution in [0.2, 0.25) is 0 Å². The van der Waals surface area contributed by atoms with E-state index in [2.05, 4.69) is 19.2 Å². The van der Waals surface area contributed by atoms with Crippen LogP contribution >= 0.6 is 0 Å². The van der Waals surface area contributed by atoms with Gasteiger partial charge in [0.25, 0.3) is 0 Å². The van der Waals surface area contributed by atoms with Crippen LogP contribution in [0.3, 0.4) is 0 Å². The molecule has 1 saturated carbocycles. The quantitative estimate of drug-likeness (QED) is 0.593. The Morgan fingerprint density at radius 3 is 2.50 bits per heavy atom. The summed E-state index contributed by atoms with van der Waals surface area (Å²) in [6.45, 7) is 6.40. The highest BCUT2D eigenvalue weighted by Gasteiger charge is 2.20. The van der Waals surface area contributed by atoms with Crippen molar-refractivity contribution in [1.82, 2.24) is 5.32 Å². The second kappa shape index (κ2) is 4.24. The zero-order valence-electron chi connectivity index (χ0n) is 8.40. The maximum atomic E-state index is 5.85. The maximum Gasteiger partial charge on any atom is 0.0109 e. The molecule has 2 heteroatoms. The van der Waals surface area contributed by atoms with Gasteiger partial charge in [-0.15, -0.1) is 0 Å². The van der Waals surface area contributed by atoms with Crippen LogP contribution < -0.4 is 11.1 Å². The average molecular weight is 170 g/mol. The van der Waals surface area contributed by atoms with Gasteiger partial charge in [0.05, 0.1) is 0 Å². The lowest BCUT2D eigenvalue weighted by molar-refractivity contribution is 0.451. The van der Waals surface area contributed by atoms with Crippen LogP contribution in [0.5, 0.6) is 0 Å². The molecule has 1 fully saturated rings. The first-order valence-corrected chi connectivity index (χ1v) is 5.07. The molecule has 1 rings (SSSR count). The first kappa shape index (κ1) is 10.0. The van der Waals surface area contributed by atoms with Crippen molar-refractivity contribution in [3.63, 3.8) is 0 Å². The molecule has 1 aliphatic carbocycles. The Kier molecular flexibility index (Phi) is 3.53. The monoisotopic (exact) mass is 170 g/mol. The van der Waals surface area contributed by atoms with Crippen molar-refractivity contribution in [2.75, 3.05) is 13.1 Å². The van der Waals surface area contributed by atoms with Crippen molar-refractivity contribution in [1.29, 1.82) is 0 Å². The molecule has 0 unspecified atom stereocenters. The van der Waals surface area contributed by atoms with Crippen molar-refractivity contribution in [3.8, 4) is 0 Å². The van der Waals surface area contributed by atoms with Crippen LogP contribution in [0.1, 0.15) is 39.5 Å². The minimum absolute atomic E-state index is 0.00736.